The van der Waals surface area contributed by atoms with Crippen molar-refractivity contribution in [3.63, 3.8) is 0 Å². The van der Waals surface area contributed by atoms with Crippen molar-refractivity contribution in [1.82, 2.24) is 15.0 Å². The predicted molar refractivity (Wildman–Crippen MR) is 105 cm³/mol. The van der Waals surface area contributed by atoms with Gasteiger partial charge in [-0.15, -0.1) is 5.10 Å². The zero-order valence-electron chi connectivity index (χ0n) is 16.2. The smallest absolute Gasteiger partial charge is 0.414 e. The molecule has 162 valence electrons. The number of hydrogen-bond donors (Lipinski definition) is 0. The van der Waals surface area contributed by atoms with Crippen LogP contribution < -0.4 is 4.90 Å². The number of nitriles is 1. The maximum Gasteiger partial charge on any atom is 0.414 e. The number of hydrogen-bond acceptors (Lipinski definition) is 7. The highest BCUT2D eigenvalue weighted by molar-refractivity contribution is 7.91. The SMILES string of the molecule is N#CCc1cn(C[C@H]2CN(c3cc(F)c(C4=CCS(=O)(=O)CC4)c(F)c3)C(=O)O2)nn1. The maximum absolute atomic E-state index is 14.7. The van der Waals surface area contributed by atoms with Crippen LogP contribution in [-0.2, 0) is 27.5 Å². The number of ether oxygens (including phenoxy) is 1. The van der Waals surface area contributed by atoms with Gasteiger partial charge in [-0.2, -0.15) is 5.26 Å². The number of cyclic esters (lactones) is 1. The molecule has 1 amide bonds. The van der Waals surface area contributed by atoms with Crippen molar-refractivity contribution in [3.8, 4) is 6.07 Å². The van der Waals surface area contributed by atoms with Crippen LogP contribution in [0.5, 0.6) is 0 Å². The molecule has 2 aliphatic heterocycles. The molecule has 31 heavy (non-hydrogen) atoms. The third-order valence-corrected chi connectivity index (χ3v) is 6.54. The summed E-state index contributed by atoms with van der Waals surface area (Å²) in [6.45, 7) is 0.219. The lowest BCUT2D eigenvalue weighted by Gasteiger charge is -2.18. The van der Waals surface area contributed by atoms with Crippen molar-refractivity contribution >= 4 is 27.2 Å². The van der Waals surface area contributed by atoms with Crippen LogP contribution >= 0.6 is 0 Å². The Morgan fingerprint density at radius 3 is 2.68 bits per heavy atom. The van der Waals surface area contributed by atoms with Crippen molar-refractivity contribution in [2.24, 2.45) is 0 Å². The molecule has 9 nitrogen and oxygen atoms in total. The van der Waals surface area contributed by atoms with E-state index < -0.39 is 33.7 Å². The van der Waals surface area contributed by atoms with Gasteiger partial charge < -0.3 is 4.74 Å². The molecule has 1 atom stereocenters. The predicted octanol–water partition coefficient (Wildman–Crippen LogP) is 1.85. The van der Waals surface area contributed by atoms with E-state index in [9.17, 15) is 22.0 Å². The van der Waals surface area contributed by atoms with Gasteiger partial charge in [0.2, 0.25) is 0 Å². The summed E-state index contributed by atoms with van der Waals surface area (Å²) in [6, 6.07) is 4.02. The number of sulfone groups is 1. The van der Waals surface area contributed by atoms with E-state index in [0.717, 1.165) is 17.0 Å². The fourth-order valence-electron chi connectivity index (χ4n) is 3.55. The summed E-state index contributed by atoms with van der Waals surface area (Å²) in [6.07, 6.45) is 1.63. The Labute approximate surface area is 176 Å². The Kier molecular flexibility index (Phi) is 5.45. The largest absolute Gasteiger partial charge is 0.442 e. The van der Waals surface area contributed by atoms with E-state index in [4.69, 9.17) is 10.00 Å². The van der Waals surface area contributed by atoms with Gasteiger partial charge in [-0.25, -0.2) is 26.7 Å². The van der Waals surface area contributed by atoms with Crippen LogP contribution in [0.3, 0.4) is 0 Å². The molecule has 3 heterocycles. The van der Waals surface area contributed by atoms with Gasteiger partial charge in [0.15, 0.2) is 9.84 Å². The number of nitrogens with zero attached hydrogens (tertiary/aromatic N) is 5. The Bertz CT molecular complexity index is 1200. The van der Waals surface area contributed by atoms with Crippen molar-refractivity contribution in [2.45, 2.75) is 25.5 Å². The monoisotopic (exact) mass is 449 g/mol. The first-order chi connectivity index (χ1) is 14.8. The molecular weight excluding hydrogens is 432 g/mol. The fourth-order valence-corrected chi connectivity index (χ4v) is 4.71. The zero-order valence-corrected chi connectivity index (χ0v) is 17.0. The second-order valence-corrected chi connectivity index (χ2v) is 9.49. The molecule has 0 bridgehead atoms. The van der Waals surface area contributed by atoms with Crippen molar-refractivity contribution in [3.05, 3.63) is 47.3 Å². The molecule has 0 unspecified atom stereocenters. The van der Waals surface area contributed by atoms with Gasteiger partial charge in [-0.3, -0.25) is 4.90 Å². The molecule has 0 N–H and O–H groups in total. The van der Waals surface area contributed by atoms with E-state index in [2.05, 4.69) is 10.3 Å². The highest BCUT2D eigenvalue weighted by Crippen LogP contribution is 2.32. The molecular formula is C19H17F2N5O4S. The zero-order chi connectivity index (χ0) is 22.2. The molecule has 0 aliphatic carbocycles. The van der Waals surface area contributed by atoms with Crippen molar-refractivity contribution in [1.29, 1.82) is 5.26 Å². The summed E-state index contributed by atoms with van der Waals surface area (Å²) in [5.41, 5.74) is 0.486. The number of halogens is 2. The van der Waals surface area contributed by atoms with Crippen molar-refractivity contribution in [2.75, 3.05) is 23.0 Å². The van der Waals surface area contributed by atoms with Gasteiger partial charge >= 0.3 is 6.09 Å². The number of rotatable bonds is 5. The van der Waals surface area contributed by atoms with Crippen LogP contribution in [0.15, 0.2) is 24.4 Å². The highest BCUT2D eigenvalue weighted by atomic mass is 32.2. The topological polar surface area (TPSA) is 118 Å². The van der Waals surface area contributed by atoms with Crippen LogP contribution in [0, 0.1) is 23.0 Å². The lowest BCUT2D eigenvalue weighted by molar-refractivity contribution is 0.129. The summed E-state index contributed by atoms with van der Waals surface area (Å²) in [5.74, 6) is -2.19. The van der Waals surface area contributed by atoms with Crippen LogP contribution in [-0.4, -0.2) is 53.7 Å². The second kappa shape index (κ2) is 8.07. The Hall–Kier alpha value is -3.33. The quantitative estimate of drug-likeness (QED) is 0.683. The summed E-state index contributed by atoms with van der Waals surface area (Å²) in [4.78, 5) is 13.4. The summed E-state index contributed by atoms with van der Waals surface area (Å²) < 4.78 is 59.2. The van der Waals surface area contributed by atoms with Crippen LogP contribution in [0.1, 0.15) is 17.7 Å². The fraction of sp³-hybridized carbons (Fsp3) is 0.368. The van der Waals surface area contributed by atoms with Gasteiger partial charge in [0.1, 0.15) is 17.7 Å². The molecule has 0 saturated carbocycles. The first-order valence-corrected chi connectivity index (χ1v) is 11.2. The third-order valence-electron chi connectivity index (χ3n) is 5.04. The number of amides is 1. The molecule has 2 aromatic rings. The van der Waals surface area contributed by atoms with Crippen molar-refractivity contribution < 1.29 is 26.7 Å². The Balaban J connectivity index is 1.51. The number of carbonyl (C=O) groups is 1. The molecule has 1 aromatic carbocycles. The first-order valence-electron chi connectivity index (χ1n) is 9.39. The first kappa shape index (κ1) is 20.9. The minimum Gasteiger partial charge on any atom is -0.442 e. The third kappa shape index (κ3) is 4.41. The highest BCUT2D eigenvalue weighted by Gasteiger charge is 2.34. The van der Waals surface area contributed by atoms with E-state index in [1.165, 1.54) is 10.8 Å². The summed E-state index contributed by atoms with van der Waals surface area (Å²) >= 11 is 0. The average molecular weight is 449 g/mol. The van der Waals surface area contributed by atoms with Crippen LogP contribution in [0.2, 0.25) is 0 Å². The standard InChI is InChI=1S/C19H17F2N5O4S/c20-16-7-14(8-17(21)18(16)12-2-5-31(28,29)6-3-12)26-11-15(30-19(26)27)10-25-9-13(1-4-22)23-24-25/h2,7-9,15H,1,3,5-6,10-11H2/t15-/m0/s1. The van der Waals surface area contributed by atoms with Crippen LogP contribution in [0.4, 0.5) is 19.3 Å². The maximum atomic E-state index is 14.7. The lowest BCUT2D eigenvalue weighted by Crippen LogP contribution is -2.26. The lowest BCUT2D eigenvalue weighted by atomic mass is 10.0. The average Bonchev–Trinajstić information content (AvgIpc) is 3.29. The van der Waals surface area contributed by atoms with E-state index in [0.29, 0.717) is 5.69 Å². The van der Waals surface area contributed by atoms with Gasteiger partial charge in [0.25, 0.3) is 0 Å². The summed E-state index contributed by atoms with van der Waals surface area (Å²) in [7, 11) is -3.23. The number of anilines is 1. The van der Waals surface area contributed by atoms with E-state index in [1.807, 2.05) is 6.07 Å². The number of aromatic nitrogens is 3. The molecule has 0 spiro atoms. The molecule has 1 saturated heterocycles. The molecule has 1 aromatic heterocycles. The Morgan fingerprint density at radius 2 is 2.03 bits per heavy atom. The number of allylic oxidation sites excluding steroid dienone is 1. The molecule has 1 fully saturated rings. The number of benzene rings is 1. The molecule has 0 radical (unpaired) electrons. The number of carbonyl (C=O) groups excluding carboxylic acids is 1. The Morgan fingerprint density at radius 1 is 1.29 bits per heavy atom. The van der Waals surface area contributed by atoms with Gasteiger partial charge in [0, 0.05) is 11.8 Å². The molecule has 12 heteroatoms. The van der Waals surface area contributed by atoms with E-state index in [-0.39, 0.29) is 54.3 Å². The minimum absolute atomic E-state index is 0.000888. The minimum atomic E-state index is -3.23. The summed E-state index contributed by atoms with van der Waals surface area (Å²) in [5, 5.41) is 16.4. The molecule has 2 aliphatic rings. The normalized spacial score (nSPS) is 20.3. The second-order valence-electron chi connectivity index (χ2n) is 7.26. The molecule has 4 rings (SSSR count). The van der Waals surface area contributed by atoms with Gasteiger partial charge in [-0.05, 0) is 24.1 Å². The van der Waals surface area contributed by atoms with E-state index >= 15 is 0 Å². The van der Waals surface area contributed by atoms with Gasteiger partial charge in [-0.1, -0.05) is 11.3 Å². The van der Waals surface area contributed by atoms with Gasteiger partial charge in [0.05, 0.1) is 48.5 Å². The van der Waals surface area contributed by atoms with Crippen LogP contribution in [0.25, 0.3) is 5.57 Å². The van der Waals surface area contributed by atoms with E-state index in [1.54, 1.807) is 6.20 Å².